The number of methoxy groups -OCH3 is 1. The first-order valence-electron chi connectivity index (χ1n) is 9.83. The number of nitrogens with zero attached hydrogens (tertiary/aromatic N) is 4. The van der Waals surface area contributed by atoms with Gasteiger partial charge in [0.15, 0.2) is 5.82 Å². The van der Waals surface area contributed by atoms with Crippen LogP contribution in [0.15, 0.2) is 59.8 Å². The largest absolute Gasteiger partial charge is 0.496 e. The van der Waals surface area contributed by atoms with Gasteiger partial charge in [0.25, 0.3) is 5.91 Å². The number of nitrogens with two attached hydrogens (primary N) is 1. The minimum atomic E-state index is -1.28. The van der Waals surface area contributed by atoms with E-state index in [0.717, 1.165) is 11.8 Å². The van der Waals surface area contributed by atoms with Gasteiger partial charge in [-0.25, -0.2) is 9.47 Å². The highest BCUT2D eigenvalue weighted by atomic mass is 32.2. The number of hydrogen-bond acceptors (Lipinski definition) is 8. The fourth-order valence-corrected chi connectivity index (χ4v) is 4.03. The Morgan fingerprint density at radius 1 is 1.15 bits per heavy atom. The molecule has 2 heterocycles. The highest BCUT2D eigenvalue weighted by molar-refractivity contribution is 7.99. The van der Waals surface area contributed by atoms with Crippen molar-refractivity contribution in [2.45, 2.75) is 17.6 Å². The molecule has 1 unspecified atom stereocenters. The van der Waals surface area contributed by atoms with E-state index in [1.54, 1.807) is 49.4 Å². The maximum Gasteiger partial charge on any atom is 0.344 e. The third kappa shape index (κ3) is 4.07. The number of thioether (sulfide) groups is 1. The molecular formula is C21H21N7O4S. The third-order valence-electron chi connectivity index (χ3n) is 5.12. The zero-order valence-corrected chi connectivity index (χ0v) is 18.6. The molecule has 1 aliphatic heterocycles. The van der Waals surface area contributed by atoms with Crippen LogP contribution in [0.2, 0.25) is 0 Å². The van der Waals surface area contributed by atoms with Gasteiger partial charge < -0.3 is 15.9 Å². The van der Waals surface area contributed by atoms with Gasteiger partial charge in [0.1, 0.15) is 11.3 Å². The number of nitrogen functional groups attached to an aromatic ring is 1. The van der Waals surface area contributed by atoms with Crippen LogP contribution in [0, 0.1) is 0 Å². The highest BCUT2D eigenvalue weighted by Gasteiger charge is 2.49. The van der Waals surface area contributed by atoms with Crippen LogP contribution in [0.4, 0.5) is 4.79 Å². The summed E-state index contributed by atoms with van der Waals surface area (Å²) in [5, 5.41) is 11.7. The van der Waals surface area contributed by atoms with Crippen molar-refractivity contribution in [3.05, 3.63) is 60.2 Å². The van der Waals surface area contributed by atoms with Crippen molar-refractivity contribution in [1.29, 1.82) is 0 Å². The molecule has 1 aliphatic rings. The number of ether oxygens (including phenoxy) is 1. The SMILES string of the molecule is COc1ccccc1-c1nnc(SCC(=O)NN2C(=O)NC(C)(c3ccccc3)C2=O)n1N. The second-order valence-electron chi connectivity index (χ2n) is 7.26. The van der Waals surface area contributed by atoms with E-state index in [-0.39, 0.29) is 10.9 Å². The number of carbonyl (C=O) groups excluding carboxylic acids is 3. The molecule has 4 amide bonds. The molecule has 0 bridgehead atoms. The molecule has 1 fully saturated rings. The van der Waals surface area contributed by atoms with E-state index < -0.39 is 23.4 Å². The first-order valence-corrected chi connectivity index (χ1v) is 10.8. The summed E-state index contributed by atoms with van der Waals surface area (Å²) in [6.45, 7) is 1.58. The Morgan fingerprint density at radius 2 is 1.85 bits per heavy atom. The molecule has 4 rings (SSSR count). The molecule has 1 saturated heterocycles. The van der Waals surface area contributed by atoms with E-state index in [1.165, 1.54) is 11.8 Å². The number of amides is 4. The summed E-state index contributed by atoms with van der Waals surface area (Å²) in [6.07, 6.45) is 0. The van der Waals surface area contributed by atoms with Crippen LogP contribution < -0.4 is 21.3 Å². The number of rotatable bonds is 7. The van der Waals surface area contributed by atoms with E-state index in [0.29, 0.717) is 27.7 Å². The molecule has 12 heteroatoms. The topological polar surface area (TPSA) is 144 Å². The van der Waals surface area contributed by atoms with Gasteiger partial charge in [0, 0.05) is 0 Å². The van der Waals surface area contributed by atoms with Crippen LogP contribution in [-0.4, -0.2) is 50.6 Å². The lowest BCUT2D eigenvalue weighted by Gasteiger charge is -2.22. The maximum atomic E-state index is 12.9. The summed E-state index contributed by atoms with van der Waals surface area (Å²) < 4.78 is 6.57. The van der Waals surface area contributed by atoms with Crippen LogP contribution in [0.3, 0.4) is 0 Å². The van der Waals surface area contributed by atoms with Crippen molar-refractivity contribution in [2.75, 3.05) is 18.7 Å². The number of para-hydroxylation sites is 1. The van der Waals surface area contributed by atoms with Crippen LogP contribution >= 0.6 is 11.8 Å². The number of hydrazine groups is 1. The molecule has 11 nitrogen and oxygen atoms in total. The van der Waals surface area contributed by atoms with Crippen molar-refractivity contribution in [3.63, 3.8) is 0 Å². The Labute approximate surface area is 193 Å². The van der Waals surface area contributed by atoms with Gasteiger partial charge in [-0.1, -0.05) is 54.2 Å². The van der Waals surface area contributed by atoms with Crippen molar-refractivity contribution in [1.82, 2.24) is 30.6 Å². The van der Waals surface area contributed by atoms with Gasteiger partial charge in [0.05, 0.1) is 18.4 Å². The predicted octanol–water partition coefficient (Wildman–Crippen LogP) is 1.26. The van der Waals surface area contributed by atoms with E-state index in [1.807, 2.05) is 12.1 Å². The fourth-order valence-electron chi connectivity index (χ4n) is 3.38. The summed E-state index contributed by atoms with van der Waals surface area (Å²) in [7, 11) is 1.54. The van der Waals surface area contributed by atoms with Gasteiger partial charge in [-0.15, -0.1) is 10.2 Å². The standard InChI is InChI=1S/C21H21N7O4S/c1-21(13-8-4-3-5-9-13)18(30)28(19(31)23-21)26-16(29)12-33-20-25-24-17(27(20)22)14-10-6-7-11-15(14)32-2/h3-11H,12,22H2,1-2H3,(H,23,31)(H,26,29). The van der Waals surface area contributed by atoms with Crippen LogP contribution in [-0.2, 0) is 15.1 Å². The van der Waals surface area contributed by atoms with Crippen molar-refractivity contribution in [3.8, 4) is 17.1 Å². The van der Waals surface area contributed by atoms with Gasteiger partial charge in [-0.3, -0.25) is 15.0 Å². The van der Waals surface area contributed by atoms with Gasteiger partial charge in [0.2, 0.25) is 11.1 Å². The predicted molar refractivity (Wildman–Crippen MR) is 120 cm³/mol. The lowest BCUT2D eigenvalue weighted by molar-refractivity contribution is -0.138. The van der Waals surface area contributed by atoms with Crippen molar-refractivity contribution >= 4 is 29.6 Å². The Balaban J connectivity index is 1.42. The molecule has 2 aromatic carbocycles. The molecule has 0 radical (unpaired) electrons. The summed E-state index contributed by atoms with van der Waals surface area (Å²) in [6, 6.07) is 15.3. The molecule has 0 saturated carbocycles. The molecule has 4 N–H and O–H groups in total. The maximum absolute atomic E-state index is 12.9. The Hall–Kier alpha value is -4.06. The fraction of sp³-hybridized carbons (Fsp3) is 0.190. The number of benzene rings is 2. The Morgan fingerprint density at radius 3 is 2.58 bits per heavy atom. The Bertz CT molecular complexity index is 1220. The van der Waals surface area contributed by atoms with E-state index in [4.69, 9.17) is 10.6 Å². The van der Waals surface area contributed by atoms with Crippen LogP contribution in [0.1, 0.15) is 12.5 Å². The normalized spacial score (nSPS) is 17.7. The minimum Gasteiger partial charge on any atom is -0.496 e. The number of hydrogen-bond donors (Lipinski definition) is 3. The lowest BCUT2D eigenvalue weighted by atomic mass is 9.92. The molecule has 1 atom stereocenters. The van der Waals surface area contributed by atoms with E-state index >= 15 is 0 Å². The molecule has 33 heavy (non-hydrogen) atoms. The number of nitrogens with one attached hydrogen (secondary N) is 2. The monoisotopic (exact) mass is 467 g/mol. The second kappa shape index (κ2) is 8.82. The third-order valence-corrected chi connectivity index (χ3v) is 6.07. The van der Waals surface area contributed by atoms with Crippen molar-refractivity contribution < 1.29 is 19.1 Å². The first kappa shape index (κ1) is 22.1. The molecule has 1 aromatic heterocycles. The summed E-state index contributed by atoms with van der Waals surface area (Å²) in [4.78, 5) is 37.7. The number of carbonyl (C=O) groups is 3. The zero-order valence-electron chi connectivity index (χ0n) is 17.8. The van der Waals surface area contributed by atoms with Crippen LogP contribution in [0.5, 0.6) is 5.75 Å². The number of urea groups is 1. The molecule has 170 valence electrons. The summed E-state index contributed by atoms with van der Waals surface area (Å²) in [5.41, 5.74) is 2.32. The van der Waals surface area contributed by atoms with E-state index in [9.17, 15) is 14.4 Å². The first-order chi connectivity index (χ1) is 15.8. The average Bonchev–Trinajstić information content (AvgIpc) is 3.30. The summed E-state index contributed by atoms with van der Waals surface area (Å²) in [5.74, 6) is 5.73. The Kier molecular flexibility index (Phi) is 5.92. The number of imide groups is 1. The smallest absolute Gasteiger partial charge is 0.344 e. The zero-order chi connectivity index (χ0) is 23.6. The molecular weight excluding hydrogens is 446 g/mol. The highest BCUT2D eigenvalue weighted by Crippen LogP contribution is 2.30. The lowest BCUT2D eigenvalue weighted by Crippen LogP contribution is -2.48. The number of aromatic nitrogens is 3. The average molecular weight is 468 g/mol. The van der Waals surface area contributed by atoms with Gasteiger partial charge in [-0.05, 0) is 24.6 Å². The molecule has 0 spiro atoms. The van der Waals surface area contributed by atoms with Crippen molar-refractivity contribution in [2.24, 2.45) is 0 Å². The van der Waals surface area contributed by atoms with Crippen LogP contribution in [0.25, 0.3) is 11.4 Å². The minimum absolute atomic E-state index is 0.152. The molecule has 0 aliphatic carbocycles. The molecule has 3 aromatic rings. The van der Waals surface area contributed by atoms with E-state index in [2.05, 4.69) is 20.9 Å². The van der Waals surface area contributed by atoms with Gasteiger partial charge >= 0.3 is 6.03 Å². The summed E-state index contributed by atoms with van der Waals surface area (Å²) >= 11 is 1.01. The quantitative estimate of drug-likeness (QED) is 0.268. The second-order valence-corrected chi connectivity index (χ2v) is 8.20. The van der Waals surface area contributed by atoms with Gasteiger partial charge in [-0.2, -0.15) is 5.01 Å².